The molecule has 1 unspecified atom stereocenters. The van der Waals surface area contributed by atoms with E-state index in [1.807, 2.05) is 13.8 Å². The number of carbonyl (C=O) groups excluding carboxylic acids is 5. The molecule has 380 valence electrons. The number of alkyl carbamates (subject to hydrolysis) is 1. The molecule has 2 aromatic carbocycles. The minimum absolute atomic E-state index is 0.0641. The zero-order valence-corrected chi connectivity index (χ0v) is 41.8. The van der Waals surface area contributed by atoms with Crippen LogP contribution in [0.4, 0.5) is 4.79 Å². The number of ketones is 1. The van der Waals surface area contributed by atoms with Crippen LogP contribution in [-0.4, -0.2) is 142 Å². The number of hydrogen-bond acceptors (Lipinski definition) is 16. The smallest absolute Gasteiger partial charge is 0.408 e. The maximum Gasteiger partial charge on any atom is 0.408 e. The summed E-state index contributed by atoms with van der Waals surface area (Å²) in [7, 11) is 1.30. The molecule has 1 aliphatic heterocycles. The Hall–Kier alpha value is -4.75. The highest BCUT2D eigenvalue weighted by molar-refractivity contribution is 5.94. The summed E-state index contributed by atoms with van der Waals surface area (Å²) in [6.07, 6.45) is -8.90. The third kappa shape index (κ3) is 10.7. The van der Waals surface area contributed by atoms with E-state index in [1.165, 1.54) is 14.0 Å². The number of benzene rings is 2. The monoisotopic (exact) mass is 965 g/mol. The number of hydrogen-bond donors (Lipinski definition) is 2. The van der Waals surface area contributed by atoms with E-state index in [1.54, 1.807) is 109 Å². The van der Waals surface area contributed by atoms with Gasteiger partial charge in [0.2, 0.25) is 0 Å². The van der Waals surface area contributed by atoms with Crippen LogP contribution in [0.5, 0.6) is 0 Å². The van der Waals surface area contributed by atoms with Crippen LogP contribution >= 0.6 is 0 Å². The van der Waals surface area contributed by atoms with Gasteiger partial charge < -0.3 is 57.8 Å². The van der Waals surface area contributed by atoms with Crippen molar-refractivity contribution in [3.8, 4) is 0 Å². The van der Waals surface area contributed by atoms with Gasteiger partial charge in [0, 0.05) is 45.5 Å². The lowest BCUT2D eigenvalue weighted by Gasteiger charge is -2.68. The Balaban J connectivity index is 1.58. The average Bonchev–Trinajstić information content (AvgIpc) is 3.29. The topological polar surface area (TPSA) is 210 Å². The van der Waals surface area contributed by atoms with Crippen LogP contribution in [0.25, 0.3) is 0 Å². The van der Waals surface area contributed by atoms with Gasteiger partial charge in [0.25, 0.3) is 0 Å². The number of rotatable bonds is 19. The van der Waals surface area contributed by atoms with Crippen LogP contribution in [0.1, 0.15) is 104 Å². The summed E-state index contributed by atoms with van der Waals surface area (Å²) < 4.78 is 61.7. The minimum Gasteiger partial charge on any atom is -0.456 e. The van der Waals surface area contributed by atoms with Gasteiger partial charge in [-0.1, -0.05) is 62.4 Å². The summed E-state index contributed by atoms with van der Waals surface area (Å²) >= 11 is 0. The lowest BCUT2D eigenvalue weighted by atomic mass is 9.44. The molecule has 1 saturated heterocycles. The average molecular weight is 966 g/mol. The van der Waals surface area contributed by atoms with Crippen LogP contribution in [0.3, 0.4) is 0 Å². The van der Waals surface area contributed by atoms with E-state index in [0.717, 1.165) is 0 Å². The fraction of sp³-hybridized carbons (Fsp3) is 0.635. The lowest BCUT2D eigenvalue weighted by molar-refractivity contribution is -0.349. The largest absolute Gasteiger partial charge is 0.456 e. The van der Waals surface area contributed by atoms with Gasteiger partial charge in [-0.3, -0.25) is 9.59 Å². The Bertz CT molecular complexity index is 2170. The summed E-state index contributed by atoms with van der Waals surface area (Å²) in [5.41, 5.74) is -6.71. The second kappa shape index (κ2) is 21.7. The molecule has 1 amide bonds. The van der Waals surface area contributed by atoms with Gasteiger partial charge in [0.15, 0.2) is 17.5 Å². The summed E-state index contributed by atoms with van der Waals surface area (Å²) in [5, 5.41) is 16.9. The van der Waals surface area contributed by atoms with Gasteiger partial charge in [-0.2, -0.15) is 0 Å². The molecule has 0 aromatic heterocycles. The van der Waals surface area contributed by atoms with Gasteiger partial charge in [-0.05, 0) is 77.3 Å². The molecule has 6 rings (SSSR count). The molecule has 3 aliphatic carbocycles. The molecule has 2 saturated carbocycles. The first-order chi connectivity index (χ1) is 32.6. The fourth-order valence-electron chi connectivity index (χ4n) is 10.9. The highest BCUT2D eigenvalue weighted by Crippen LogP contribution is 2.65. The van der Waals surface area contributed by atoms with E-state index in [0.29, 0.717) is 24.4 Å². The van der Waals surface area contributed by atoms with E-state index in [9.17, 15) is 24.3 Å². The molecule has 2 N–H and O–H groups in total. The van der Waals surface area contributed by atoms with Crippen molar-refractivity contribution in [3.05, 3.63) is 82.9 Å². The zero-order chi connectivity index (χ0) is 50.5. The van der Waals surface area contributed by atoms with E-state index in [4.69, 9.17) is 47.4 Å². The van der Waals surface area contributed by atoms with E-state index in [2.05, 4.69) is 5.32 Å². The molecule has 2 aromatic rings. The molecule has 4 aliphatic rings. The predicted octanol–water partition coefficient (Wildman–Crippen LogP) is 6.04. The van der Waals surface area contributed by atoms with Crippen LogP contribution in [0.15, 0.2) is 71.8 Å². The second-order valence-corrected chi connectivity index (χ2v) is 19.9. The Morgan fingerprint density at radius 3 is 2.04 bits per heavy atom. The lowest BCUT2D eigenvalue weighted by Crippen LogP contribution is -2.82. The van der Waals surface area contributed by atoms with Crippen molar-refractivity contribution in [1.29, 1.82) is 0 Å². The number of methoxy groups -OCH3 is 1. The third-order valence-corrected chi connectivity index (χ3v) is 14.2. The Kier molecular flexibility index (Phi) is 16.9. The van der Waals surface area contributed by atoms with Gasteiger partial charge >= 0.3 is 24.0 Å². The van der Waals surface area contributed by atoms with E-state index < -0.39 is 112 Å². The fourth-order valence-corrected chi connectivity index (χ4v) is 10.9. The van der Waals surface area contributed by atoms with Crippen molar-refractivity contribution < 1.29 is 76.4 Å². The zero-order valence-electron chi connectivity index (χ0n) is 41.8. The van der Waals surface area contributed by atoms with Crippen molar-refractivity contribution in [1.82, 2.24) is 5.32 Å². The molecule has 3 fully saturated rings. The van der Waals surface area contributed by atoms with E-state index >= 15 is 4.79 Å². The Morgan fingerprint density at radius 2 is 1.49 bits per heavy atom. The number of fused-ring (bicyclic) bond motifs is 5. The van der Waals surface area contributed by atoms with E-state index in [-0.39, 0.29) is 50.6 Å². The van der Waals surface area contributed by atoms with Crippen molar-refractivity contribution in [3.63, 3.8) is 0 Å². The normalized spacial score (nSPS) is 30.2. The number of Topliss-reactive ketones (excluding diaryl/α,β-unsaturated/α-hetero) is 1. The molecular formula is C52H71NO16. The first-order valence-electron chi connectivity index (χ1n) is 23.8. The molecule has 0 spiro atoms. The van der Waals surface area contributed by atoms with Crippen LogP contribution in [0, 0.1) is 16.7 Å². The molecule has 1 heterocycles. The third-order valence-electron chi connectivity index (χ3n) is 14.2. The van der Waals surface area contributed by atoms with Crippen LogP contribution in [-0.2, 0) is 61.8 Å². The first-order valence-corrected chi connectivity index (χ1v) is 23.8. The van der Waals surface area contributed by atoms with Crippen molar-refractivity contribution in [2.45, 2.75) is 142 Å². The quantitative estimate of drug-likeness (QED) is 0.0712. The molecule has 11 atom stereocenters. The summed E-state index contributed by atoms with van der Waals surface area (Å²) in [6.45, 7) is 17.8. The van der Waals surface area contributed by atoms with Gasteiger partial charge in [-0.15, -0.1) is 0 Å². The Morgan fingerprint density at radius 1 is 0.884 bits per heavy atom. The number of carbonyl (C=O) groups is 5. The van der Waals surface area contributed by atoms with Gasteiger partial charge in [-0.25, -0.2) is 14.4 Å². The number of nitrogens with one attached hydrogen (secondary N) is 1. The minimum atomic E-state index is -2.25. The van der Waals surface area contributed by atoms with Crippen LogP contribution in [0.2, 0.25) is 0 Å². The SMILES string of the molecule is CCOCCO[C@H]1C(=O)[C@@]2(C)C([C@H](OC(=O)c3ccccc3)[C@]3(O)C[C@H](OC(=O)[C@H](OC)[C@@H](NC(=O)OC(C)(C)C)c4ccccc4)C(C)=C1C3(C)C)[C@]1(OC(C)=O)CO[C@@H]1C[C@@H]2OCCOCC. The second-order valence-electron chi connectivity index (χ2n) is 19.9. The molecule has 69 heavy (non-hydrogen) atoms. The molecular weight excluding hydrogens is 895 g/mol. The summed E-state index contributed by atoms with van der Waals surface area (Å²) in [4.78, 5) is 72.5. The van der Waals surface area contributed by atoms with Crippen molar-refractivity contribution >= 4 is 29.8 Å². The standard InChI is InChI=1S/C52H71NO16/c1-12-61-24-26-63-36-28-37-51(30-65-37,68-32(4)54)42-44(67-45(56)34-22-18-15-19-23-34)52(59)29-35(31(3)38(49(52,8)9)40(43(55)50(36,42)10)64-27-25-62-13-2)66-46(57)41(60-11)39(33-20-16-14-17-21-33)53-47(58)69-48(5,6)7/h14-23,35-37,39-42,44,59H,12-13,24-30H2,1-11H3,(H,53,58)/t35-,36-,37+,39-,40+,41+,42?,44-,50+,51-,52+/m0/s1. The van der Waals surface area contributed by atoms with Gasteiger partial charge in [0.05, 0.1) is 62.1 Å². The molecule has 2 bridgehead atoms. The van der Waals surface area contributed by atoms with Crippen LogP contribution < -0.4 is 5.32 Å². The first kappa shape index (κ1) is 53.6. The highest BCUT2D eigenvalue weighted by Gasteiger charge is 2.78. The highest BCUT2D eigenvalue weighted by atomic mass is 16.6. The molecule has 17 heteroatoms. The summed E-state index contributed by atoms with van der Waals surface area (Å²) in [6, 6.07) is 15.8. The van der Waals surface area contributed by atoms with Gasteiger partial charge in [0.1, 0.15) is 35.6 Å². The maximum absolute atomic E-state index is 16.3. The molecule has 0 radical (unpaired) electrons. The summed E-state index contributed by atoms with van der Waals surface area (Å²) in [5.74, 6) is -4.33. The maximum atomic E-state index is 16.3. The number of esters is 3. The Labute approximate surface area is 405 Å². The van der Waals surface area contributed by atoms with Crippen molar-refractivity contribution in [2.24, 2.45) is 16.7 Å². The molecule has 17 nitrogen and oxygen atoms in total. The predicted molar refractivity (Wildman–Crippen MR) is 249 cm³/mol. The number of ether oxygens (including phenoxy) is 10. The number of amides is 1. The number of aliphatic hydroxyl groups is 1. The van der Waals surface area contributed by atoms with Crippen molar-refractivity contribution in [2.75, 3.05) is 53.4 Å².